The monoisotopic (exact) mass is 438 g/mol. The summed E-state index contributed by atoms with van der Waals surface area (Å²) in [5.41, 5.74) is 4.84. The van der Waals surface area contributed by atoms with E-state index >= 15 is 0 Å². The molecule has 0 saturated carbocycles. The van der Waals surface area contributed by atoms with Gasteiger partial charge in [0.2, 0.25) is 5.91 Å². The van der Waals surface area contributed by atoms with Crippen LogP contribution in [0.3, 0.4) is 0 Å². The van der Waals surface area contributed by atoms with Gasteiger partial charge in [0.25, 0.3) is 0 Å². The first-order valence-corrected chi connectivity index (χ1v) is 10.1. The van der Waals surface area contributed by atoms with Crippen LogP contribution in [-0.2, 0) is 16.0 Å². The first-order valence-electron chi connectivity index (χ1n) is 9.68. The van der Waals surface area contributed by atoms with Crippen molar-refractivity contribution in [2.45, 2.75) is 27.2 Å². The summed E-state index contributed by atoms with van der Waals surface area (Å²) in [6.45, 7) is 4.95. The summed E-state index contributed by atoms with van der Waals surface area (Å²) in [5.74, 6) is -1.13. The minimum Gasteiger partial charge on any atom is -0.465 e. The molecular weight excluding hydrogens is 416 g/mol. The van der Waals surface area contributed by atoms with Crippen LogP contribution in [0.25, 0.3) is 11.1 Å². The molecule has 3 rings (SSSR count). The van der Waals surface area contributed by atoms with Crippen molar-refractivity contribution in [3.63, 3.8) is 0 Å². The number of nitrogens with one attached hydrogen (secondary N) is 2. The van der Waals surface area contributed by atoms with Crippen LogP contribution >= 0.6 is 11.6 Å². The molecule has 0 saturated heterocycles. The van der Waals surface area contributed by atoms with Gasteiger partial charge in [-0.15, -0.1) is 0 Å². The number of halogens is 1. The van der Waals surface area contributed by atoms with Crippen LogP contribution < -0.4 is 5.32 Å². The second-order valence-corrected chi connectivity index (χ2v) is 7.73. The van der Waals surface area contributed by atoms with E-state index in [1.54, 1.807) is 6.92 Å². The molecule has 0 aliphatic heterocycles. The van der Waals surface area contributed by atoms with Crippen molar-refractivity contribution in [1.82, 2.24) is 4.98 Å². The standard InChI is InChI=1S/C24H23ClN2O4/c1-13-10-17(16-6-5-7-18(25)11-16)8-9-19(13)26-21(29)12-20-22(24(30)31-4)14(2)23(27-20)15(3)28/h5-11,27H,12H2,1-4H3,(H,26,29). The number of benzene rings is 2. The number of esters is 1. The average Bonchev–Trinajstić information content (AvgIpc) is 3.05. The maximum absolute atomic E-state index is 12.7. The topological polar surface area (TPSA) is 88.3 Å². The molecule has 0 unspecified atom stereocenters. The van der Waals surface area contributed by atoms with E-state index in [1.807, 2.05) is 49.4 Å². The largest absolute Gasteiger partial charge is 0.465 e. The smallest absolute Gasteiger partial charge is 0.339 e. The number of carbonyl (C=O) groups is 3. The Morgan fingerprint density at radius 2 is 1.77 bits per heavy atom. The summed E-state index contributed by atoms with van der Waals surface area (Å²) in [5, 5.41) is 3.52. The zero-order valence-corrected chi connectivity index (χ0v) is 18.5. The molecule has 2 N–H and O–H groups in total. The lowest BCUT2D eigenvalue weighted by Crippen LogP contribution is -2.17. The van der Waals surface area contributed by atoms with Gasteiger partial charge in [0, 0.05) is 23.3 Å². The van der Waals surface area contributed by atoms with Gasteiger partial charge in [-0.1, -0.05) is 29.8 Å². The number of methoxy groups -OCH3 is 1. The van der Waals surface area contributed by atoms with Crippen molar-refractivity contribution in [2.24, 2.45) is 0 Å². The Morgan fingerprint density at radius 1 is 1.06 bits per heavy atom. The molecule has 0 bridgehead atoms. The van der Waals surface area contributed by atoms with Gasteiger partial charge in [0.05, 0.1) is 24.8 Å². The normalized spacial score (nSPS) is 10.6. The number of hydrogen-bond acceptors (Lipinski definition) is 4. The molecule has 0 atom stereocenters. The van der Waals surface area contributed by atoms with E-state index in [9.17, 15) is 14.4 Å². The fourth-order valence-corrected chi connectivity index (χ4v) is 3.72. The Kier molecular flexibility index (Phi) is 6.61. The van der Waals surface area contributed by atoms with Crippen LogP contribution in [0.1, 0.15) is 44.6 Å². The molecule has 160 valence electrons. The molecule has 6 nitrogen and oxygen atoms in total. The second-order valence-electron chi connectivity index (χ2n) is 7.29. The van der Waals surface area contributed by atoms with Crippen molar-refractivity contribution in [3.8, 4) is 11.1 Å². The minimum absolute atomic E-state index is 0.103. The van der Waals surface area contributed by atoms with Gasteiger partial charge in [0.1, 0.15) is 0 Å². The zero-order valence-electron chi connectivity index (χ0n) is 17.8. The quantitative estimate of drug-likeness (QED) is 0.413. The lowest BCUT2D eigenvalue weighted by molar-refractivity contribution is -0.115. The van der Waals surface area contributed by atoms with Crippen LogP contribution in [0.15, 0.2) is 42.5 Å². The predicted octanol–water partition coefficient (Wildman–Crippen LogP) is 5.12. The average molecular weight is 439 g/mol. The molecule has 2 aromatic carbocycles. The number of anilines is 1. The molecule has 0 aliphatic rings. The summed E-state index contributed by atoms with van der Waals surface area (Å²) < 4.78 is 4.82. The maximum Gasteiger partial charge on any atom is 0.339 e. The van der Waals surface area contributed by atoms with E-state index in [2.05, 4.69) is 10.3 Å². The van der Waals surface area contributed by atoms with Crippen molar-refractivity contribution < 1.29 is 19.1 Å². The van der Waals surface area contributed by atoms with Gasteiger partial charge >= 0.3 is 5.97 Å². The number of aryl methyl sites for hydroxylation is 1. The fraction of sp³-hybridized carbons (Fsp3) is 0.208. The van der Waals surface area contributed by atoms with Gasteiger partial charge in [-0.3, -0.25) is 9.59 Å². The van der Waals surface area contributed by atoms with E-state index in [-0.39, 0.29) is 23.7 Å². The SMILES string of the molecule is COC(=O)c1c(CC(=O)Nc2ccc(-c3cccc(Cl)c3)cc2C)[nH]c(C(C)=O)c1C. The highest BCUT2D eigenvalue weighted by molar-refractivity contribution is 6.30. The highest BCUT2D eigenvalue weighted by atomic mass is 35.5. The van der Waals surface area contributed by atoms with Crippen LogP contribution in [0.5, 0.6) is 0 Å². The molecule has 0 fully saturated rings. The molecule has 3 aromatic rings. The summed E-state index contributed by atoms with van der Waals surface area (Å²) in [6.07, 6.45) is -0.103. The third-order valence-corrected chi connectivity index (χ3v) is 5.30. The molecule has 1 aromatic heterocycles. The molecule has 0 spiro atoms. The number of aromatic amines is 1. The highest BCUT2D eigenvalue weighted by Crippen LogP contribution is 2.27. The summed E-state index contributed by atoms with van der Waals surface area (Å²) >= 11 is 6.08. The maximum atomic E-state index is 12.7. The van der Waals surface area contributed by atoms with Crippen molar-refractivity contribution in [2.75, 3.05) is 12.4 Å². The fourth-order valence-electron chi connectivity index (χ4n) is 3.53. The van der Waals surface area contributed by atoms with E-state index in [0.29, 0.717) is 27.7 Å². The summed E-state index contributed by atoms with van der Waals surface area (Å²) in [7, 11) is 1.26. The first-order chi connectivity index (χ1) is 14.7. The molecule has 7 heteroatoms. The Balaban J connectivity index is 1.82. The van der Waals surface area contributed by atoms with Crippen LogP contribution in [0.4, 0.5) is 5.69 Å². The van der Waals surface area contributed by atoms with Gasteiger partial charge in [-0.2, -0.15) is 0 Å². The van der Waals surface area contributed by atoms with Gasteiger partial charge in [-0.25, -0.2) is 4.79 Å². The zero-order chi connectivity index (χ0) is 22.7. The van der Waals surface area contributed by atoms with Crippen LogP contribution in [0, 0.1) is 13.8 Å². The number of aromatic nitrogens is 1. The number of Topliss-reactive ketones (excluding diaryl/α,β-unsaturated/α-hetero) is 1. The molecule has 0 radical (unpaired) electrons. The Morgan fingerprint density at radius 3 is 2.39 bits per heavy atom. The highest BCUT2D eigenvalue weighted by Gasteiger charge is 2.24. The lowest BCUT2D eigenvalue weighted by atomic mass is 10.0. The number of carbonyl (C=O) groups excluding carboxylic acids is 3. The molecule has 1 amide bonds. The summed E-state index contributed by atoms with van der Waals surface area (Å²) in [4.78, 5) is 39.6. The Bertz CT molecular complexity index is 1180. The number of ether oxygens (including phenoxy) is 1. The van der Waals surface area contributed by atoms with E-state index < -0.39 is 5.97 Å². The van der Waals surface area contributed by atoms with Gasteiger partial charge in [0.15, 0.2) is 5.78 Å². The number of ketones is 1. The van der Waals surface area contributed by atoms with E-state index in [1.165, 1.54) is 14.0 Å². The second kappa shape index (κ2) is 9.18. The van der Waals surface area contributed by atoms with Gasteiger partial charge < -0.3 is 15.0 Å². The molecule has 31 heavy (non-hydrogen) atoms. The third kappa shape index (κ3) is 4.86. The number of hydrogen-bond donors (Lipinski definition) is 2. The number of H-pyrrole nitrogens is 1. The van der Waals surface area contributed by atoms with Crippen LogP contribution in [0.2, 0.25) is 5.02 Å². The molecule has 0 aliphatic carbocycles. The number of rotatable bonds is 6. The molecular formula is C24H23ClN2O4. The van der Waals surface area contributed by atoms with Crippen molar-refractivity contribution in [3.05, 3.63) is 75.6 Å². The van der Waals surface area contributed by atoms with Crippen LogP contribution in [-0.4, -0.2) is 29.8 Å². The Labute approximate surface area is 185 Å². The molecule has 1 heterocycles. The lowest BCUT2D eigenvalue weighted by Gasteiger charge is -2.11. The van der Waals surface area contributed by atoms with Crippen molar-refractivity contribution in [1.29, 1.82) is 0 Å². The van der Waals surface area contributed by atoms with Crippen molar-refractivity contribution >= 4 is 34.9 Å². The Hall–Kier alpha value is -3.38. The predicted molar refractivity (Wildman–Crippen MR) is 121 cm³/mol. The van der Waals surface area contributed by atoms with E-state index in [0.717, 1.165) is 16.7 Å². The van der Waals surface area contributed by atoms with Gasteiger partial charge in [-0.05, 0) is 60.4 Å². The minimum atomic E-state index is -0.592. The number of amides is 1. The third-order valence-electron chi connectivity index (χ3n) is 5.07. The summed E-state index contributed by atoms with van der Waals surface area (Å²) in [6, 6.07) is 13.2. The first kappa shape index (κ1) is 22.3. The van der Waals surface area contributed by atoms with E-state index in [4.69, 9.17) is 16.3 Å².